The number of para-hydroxylation sites is 1. The molecule has 0 radical (unpaired) electrons. The van der Waals surface area contributed by atoms with Crippen LogP contribution in [0.5, 0.6) is 0 Å². The number of halogens is 1. The van der Waals surface area contributed by atoms with Gasteiger partial charge in [-0.2, -0.15) is 0 Å². The number of aromatic nitrogens is 1. The topological polar surface area (TPSA) is 42.0 Å². The summed E-state index contributed by atoms with van der Waals surface area (Å²) in [6.07, 6.45) is 6.34. The molecule has 0 bridgehead atoms. The Kier molecular flexibility index (Phi) is 5.86. The third kappa shape index (κ3) is 4.30. The van der Waals surface area contributed by atoms with Gasteiger partial charge in [0.2, 0.25) is 5.91 Å². The van der Waals surface area contributed by atoms with Crippen LogP contribution < -0.4 is 5.32 Å². The highest BCUT2D eigenvalue weighted by Gasteiger charge is 2.30. The molecule has 0 saturated heterocycles. The highest BCUT2D eigenvalue weighted by atomic mass is 35.5. The molecule has 29 heavy (non-hydrogen) atoms. The first kappa shape index (κ1) is 19.9. The zero-order valence-electron chi connectivity index (χ0n) is 17.0. The van der Waals surface area contributed by atoms with Crippen LogP contribution in [0.1, 0.15) is 49.7 Å². The summed E-state index contributed by atoms with van der Waals surface area (Å²) in [5, 5.41) is 4.99. The fraction of sp³-hybridized carbons (Fsp3) is 0.360. The van der Waals surface area contributed by atoms with E-state index in [1.54, 1.807) is 12.1 Å². The monoisotopic (exact) mass is 406 g/mol. The van der Waals surface area contributed by atoms with Gasteiger partial charge in [-0.05, 0) is 85.9 Å². The quantitative estimate of drug-likeness (QED) is 0.520. The molecule has 150 valence electrons. The number of rotatable bonds is 4. The van der Waals surface area contributed by atoms with E-state index >= 15 is 0 Å². The number of fused-ring (bicyclic) bond motifs is 1. The van der Waals surface area contributed by atoms with Gasteiger partial charge in [-0.1, -0.05) is 36.7 Å². The average molecular weight is 407 g/mol. The Morgan fingerprint density at radius 1 is 1.07 bits per heavy atom. The Morgan fingerprint density at radius 2 is 1.79 bits per heavy atom. The third-order valence-corrected chi connectivity index (χ3v) is 6.70. The van der Waals surface area contributed by atoms with E-state index in [1.807, 2.05) is 18.3 Å². The number of pyridine rings is 1. The Hall–Kier alpha value is -2.39. The summed E-state index contributed by atoms with van der Waals surface area (Å²) in [5.41, 5.74) is 4.56. The summed E-state index contributed by atoms with van der Waals surface area (Å²) in [7, 11) is 0. The van der Waals surface area contributed by atoms with Crippen LogP contribution in [0.15, 0.2) is 54.7 Å². The molecule has 1 fully saturated rings. The molecule has 1 aliphatic rings. The molecule has 4 rings (SSSR count). The minimum Gasteiger partial charge on any atom is -0.326 e. The van der Waals surface area contributed by atoms with Gasteiger partial charge in [0.1, 0.15) is 0 Å². The van der Waals surface area contributed by atoms with Crippen molar-refractivity contribution in [3.8, 4) is 0 Å². The first-order valence-electron chi connectivity index (χ1n) is 10.4. The lowest BCUT2D eigenvalue weighted by Gasteiger charge is -2.32. The molecule has 3 nitrogen and oxygen atoms in total. The SMILES string of the molecule is Cc1cccc2c1nccc2[C@H]1CC[C@@H]([C@@H](C)C(=O)Nc2ccc(Cl)cc2)CC1. The van der Waals surface area contributed by atoms with Gasteiger partial charge in [-0.3, -0.25) is 9.78 Å². The number of hydrogen-bond acceptors (Lipinski definition) is 2. The zero-order chi connectivity index (χ0) is 20.4. The first-order chi connectivity index (χ1) is 14.0. The van der Waals surface area contributed by atoms with Gasteiger partial charge >= 0.3 is 0 Å². The van der Waals surface area contributed by atoms with Crippen molar-refractivity contribution in [1.82, 2.24) is 4.98 Å². The van der Waals surface area contributed by atoms with Crippen LogP contribution in [-0.4, -0.2) is 10.9 Å². The predicted molar refractivity (Wildman–Crippen MR) is 120 cm³/mol. The highest BCUT2D eigenvalue weighted by Crippen LogP contribution is 2.41. The van der Waals surface area contributed by atoms with Crippen molar-refractivity contribution in [2.24, 2.45) is 11.8 Å². The lowest BCUT2D eigenvalue weighted by molar-refractivity contribution is -0.121. The normalized spacial score (nSPS) is 20.4. The lowest BCUT2D eigenvalue weighted by Crippen LogP contribution is -2.29. The zero-order valence-corrected chi connectivity index (χ0v) is 17.7. The minimum atomic E-state index is 0.00283. The van der Waals surface area contributed by atoms with Crippen LogP contribution in [0, 0.1) is 18.8 Å². The Balaban J connectivity index is 1.41. The van der Waals surface area contributed by atoms with Crippen LogP contribution in [0.25, 0.3) is 10.9 Å². The molecule has 1 saturated carbocycles. The van der Waals surface area contributed by atoms with Crippen molar-refractivity contribution in [2.45, 2.75) is 45.4 Å². The fourth-order valence-corrected chi connectivity index (χ4v) is 4.76. The van der Waals surface area contributed by atoms with Crippen molar-refractivity contribution in [3.05, 3.63) is 70.9 Å². The van der Waals surface area contributed by atoms with Gasteiger partial charge in [0.15, 0.2) is 0 Å². The van der Waals surface area contributed by atoms with Crippen molar-refractivity contribution in [1.29, 1.82) is 0 Å². The van der Waals surface area contributed by atoms with Crippen molar-refractivity contribution >= 4 is 34.1 Å². The molecule has 2 aromatic carbocycles. The lowest BCUT2D eigenvalue weighted by atomic mass is 9.73. The number of anilines is 1. The van der Waals surface area contributed by atoms with Crippen LogP contribution in [0.3, 0.4) is 0 Å². The number of hydrogen-bond donors (Lipinski definition) is 1. The van der Waals surface area contributed by atoms with Gasteiger partial charge in [0.25, 0.3) is 0 Å². The van der Waals surface area contributed by atoms with E-state index in [1.165, 1.54) is 16.5 Å². The van der Waals surface area contributed by atoms with Gasteiger partial charge in [0, 0.05) is 28.2 Å². The van der Waals surface area contributed by atoms with Crippen molar-refractivity contribution in [3.63, 3.8) is 0 Å². The van der Waals surface area contributed by atoms with Crippen molar-refractivity contribution in [2.75, 3.05) is 5.32 Å². The molecule has 3 aromatic rings. The molecule has 1 heterocycles. The summed E-state index contributed by atoms with van der Waals surface area (Å²) in [6, 6.07) is 15.9. The largest absolute Gasteiger partial charge is 0.326 e. The maximum atomic E-state index is 12.7. The van der Waals surface area contributed by atoms with E-state index in [9.17, 15) is 4.79 Å². The van der Waals surface area contributed by atoms with E-state index in [0.29, 0.717) is 16.9 Å². The maximum Gasteiger partial charge on any atom is 0.227 e. The molecule has 0 spiro atoms. The molecular formula is C25H27ClN2O. The smallest absolute Gasteiger partial charge is 0.227 e. The van der Waals surface area contributed by atoms with Gasteiger partial charge in [-0.15, -0.1) is 0 Å². The highest BCUT2D eigenvalue weighted by molar-refractivity contribution is 6.30. The van der Waals surface area contributed by atoms with Crippen LogP contribution in [0.4, 0.5) is 5.69 Å². The Morgan fingerprint density at radius 3 is 2.52 bits per heavy atom. The second-order valence-electron chi connectivity index (χ2n) is 8.27. The summed E-state index contributed by atoms with van der Waals surface area (Å²) in [4.78, 5) is 17.3. The van der Waals surface area contributed by atoms with Crippen LogP contribution in [-0.2, 0) is 4.79 Å². The number of nitrogens with one attached hydrogen (secondary N) is 1. The molecule has 1 atom stereocenters. The first-order valence-corrected chi connectivity index (χ1v) is 10.8. The summed E-state index contributed by atoms with van der Waals surface area (Å²) in [5.74, 6) is 1.07. The molecule has 0 unspecified atom stereocenters. The van der Waals surface area contributed by atoms with E-state index in [0.717, 1.165) is 36.9 Å². The van der Waals surface area contributed by atoms with E-state index in [4.69, 9.17) is 11.6 Å². The summed E-state index contributed by atoms with van der Waals surface area (Å²) >= 11 is 5.93. The summed E-state index contributed by atoms with van der Waals surface area (Å²) in [6.45, 7) is 4.18. The average Bonchev–Trinajstić information content (AvgIpc) is 2.75. The predicted octanol–water partition coefficient (Wildman–Crippen LogP) is 6.75. The number of benzene rings is 2. The fourth-order valence-electron chi connectivity index (χ4n) is 4.63. The van der Waals surface area contributed by atoms with E-state index in [-0.39, 0.29) is 11.8 Å². The number of carbonyl (C=O) groups is 1. The van der Waals surface area contributed by atoms with Gasteiger partial charge in [0.05, 0.1) is 5.52 Å². The number of aryl methyl sites for hydroxylation is 1. The molecule has 0 aliphatic heterocycles. The van der Waals surface area contributed by atoms with E-state index < -0.39 is 0 Å². The molecule has 1 aliphatic carbocycles. The Bertz CT molecular complexity index is 1010. The van der Waals surface area contributed by atoms with E-state index in [2.05, 4.69) is 48.4 Å². The second-order valence-corrected chi connectivity index (χ2v) is 8.70. The van der Waals surface area contributed by atoms with Gasteiger partial charge in [-0.25, -0.2) is 0 Å². The minimum absolute atomic E-state index is 0.00283. The third-order valence-electron chi connectivity index (χ3n) is 6.45. The molecule has 4 heteroatoms. The second kappa shape index (κ2) is 8.54. The number of carbonyl (C=O) groups excluding carboxylic acids is 1. The molecular weight excluding hydrogens is 380 g/mol. The summed E-state index contributed by atoms with van der Waals surface area (Å²) < 4.78 is 0. The Labute approximate surface area is 177 Å². The van der Waals surface area contributed by atoms with Gasteiger partial charge < -0.3 is 5.32 Å². The standard InChI is InChI=1S/C25H27ClN2O/c1-16-4-3-5-23-22(14-15-27-24(16)23)19-8-6-18(7-9-19)17(2)25(29)28-21-12-10-20(26)11-13-21/h3-5,10-15,17-19H,6-9H2,1-2H3,(H,28,29)/t17-,18-,19+/m1/s1. The van der Waals surface area contributed by atoms with Crippen LogP contribution in [0.2, 0.25) is 5.02 Å². The van der Waals surface area contributed by atoms with Crippen molar-refractivity contribution < 1.29 is 4.79 Å². The molecule has 1 N–H and O–H groups in total. The number of amides is 1. The number of nitrogens with zero attached hydrogens (tertiary/aromatic N) is 1. The maximum absolute atomic E-state index is 12.7. The molecule has 1 amide bonds. The molecule has 1 aromatic heterocycles. The van der Waals surface area contributed by atoms with Crippen LogP contribution >= 0.6 is 11.6 Å².